The fourth-order valence-corrected chi connectivity index (χ4v) is 4.21. The SMILES string of the molecule is CC(CNS(=O)(=O)C(C)C)c1ccc(-c2ccc(OCCN3CCOCC3)cc2)cc1.Cl. The second kappa shape index (κ2) is 12.6. The summed E-state index contributed by atoms with van der Waals surface area (Å²) < 4.78 is 37.8. The van der Waals surface area contributed by atoms with E-state index in [1.54, 1.807) is 13.8 Å². The molecule has 2 aromatic rings. The molecule has 1 aliphatic rings. The number of halogens is 1. The van der Waals surface area contributed by atoms with Gasteiger partial charge >= 0.3 is 0 Å². The first-order chi connectivity index (χ1) is 14.8. The van der Waals surface area contributed by atoms with E-state index < -0.39 is 15.3 Å². The Labute approximate surface area is 198 Å². The molecule has 1 saturated heterocycles. The van der Waals surface area contributed by atoms with Crippen molar-refractivity contribution in [1.82, 2.24) is 9.62 Å². The van der Waals surface area contributed by atoms with Gasteiger partial charge < -0.3 is 9.47 Å². The van der Waals surface area contributed by atoms with Crippen molar-refractivity contribution >= 4 is 22.4 Å². The second-order valence-corrected chi connectivity index (χ2v) is 10.6. The van der Waals surface area contributed by atoms with E-state index in [-0.39, 0.29) is 18.3 Å². The van der Waals surface area contributed by atoms with Crippen LogP contribution in [0.2, 0.25) is 0 Å². The van der Waals surface area contributed by atoms with E-state index >= 15 is 0 Å². The van der Waals surface area contributed by atoms with E-state index in [1.165, 1.54) is 0 Å². The van der Waals surface area contributed by atoms with Gasteiger partial charge in [0, 0.05) is 26.2 Å². The van der Waals surface area contributed by atoms with Gasteiger partial charge in [-0.05, 0) is 48.6 Å². The molecule has 0 bridgehead atoms. The molecule has 0 amide bonds. The molecule has 0 saturated carbocycles. The van der Waals surface area contributed by atoms with Crippen molar-refractivity contribution in [2.24, 2.45) is 0 Å². The van der Waals surface area contributed by atoms with Crippen molar-refractivity contribution in [2.45, 2.75) is 31.9 Å². The number of ether oxygens (including phenoxy) is 2. The lowest BCUT2D eigenvalue weighted by atomic mass is 9.98. The van der Waals surface area contributed by atoms with Crippen LogP contribution in [0.25, 0.3) is 11.1 Å². The van der Waals surface area contributed by atoms with Crippen LogP contribution in [0, 0.1) is 0 Å². The van der Waals surface area contributed by atoms with Gasteiger partial charge in [0.15, 0.2) is 0 Å². The van der Waals surface area contributed by atoms with Crippen molar-refractivity contribution in [1.29, 1.82) is 0 Å². The van der Waals surface area contributed by atoms with Crippen LogP contribution in [0.3, 0.4) is 0 Å². The number of benzene rings is 2. The number of sulfonamides is 1. The van der Waals surface area contributed by atoms with Gasteiger partial charge in [-0.1, -0.05) is 43.3 Å². The maximum absolute atomic E-state index is 12.0. The Balaban J connectivity index is 0.00000363. The predicted molar refractivity (Wildman–Crippen MR) is 132 cm³/mol. The number of morpholine rings is 1. The van der Waals surface area contributed by atoms with Crippen LogP contribution in [0.5, 0.6) is 5.75 Å². The molecule has 0 aromatic heterocycles. The molecule has 2 aromatic carbocycles. The van der Waals surface area contributed by atoms with Crippen molar-refractivity contribution < 1.29 is 17.9 Å². The molecule has 3 rings (SSSR count). The molecular formula is C24H35ClN2O4S. The van der Waals surface area contributed by atoms with Crippen LogP contribution < -0.4 is 9.46 Å². The molecule has 1 unspecified atom stereocenters. The summed E-state index contributed by atoms with van der Waals surface area (Å²) in [7, 11) is -3.24. The average molecular weight is 483 g/mol. The first-order valence-electron chi connectivity index (χ1n) is 11.0. The van der Waals surface area contributed by atoms with Crippen LogP contribution in [0.4, 0.5) is 0 Å². The molecule has 1 aliphatic heterocycles. The van der Waals surface area contributed by atoms with E-state index in [0.29, 0.717) is 13.2 Å². The van der Waals surface area contributed by atoms with Crippen molar-refractivity contribution in [3.05, 3.63) is 54.1 Å². The van der Waals surface area contributed by atoms with Gasteiger partial charge in [-0.2, -0.15) is 0 Å². The van der Waals surface area contributed by atoms with Gasteiger partial charge in [-0.25, -0.2) is 13.1 Å². The number of nitrogens with zero attached hydrogens (tertiary/aromatic N) is 1. The first kappa shape index (κ1) is 26.6. The van der Waals surface area contributed by atoms with Crippen molar-refractivity contribution in [2.75, 3.05) is 46.0 Å². The van der Waals surface area contributed by atoms with Crippen molar-refractivity contribution in [3.63, 3.8) is 0 Å². The molecule has 1 fully saturated rings. The highest BCUT2D eigenvalue weighted by atomic mass is 35.5. The molecule has 1 atom stereocenters. The van der Waals surface area contributed by atoms with Gasteiger partial charge in [-0.15, -0.1) is 12.4 Å². The molecule has 32 heavy (non-hydrogen) atoms. The third-order valence-electron chi connectivity index (χ3n) is 5.66. The normalized spacial score (nSPS) is 15.9. The summed E-state index contributed by atoms with van der Waals surface area (Å²) in [5.74, 6) is 0.976. The molecular weight excluding hydrogens is 448 g/mol. The number of rotatable bonds is 10. The quantitative estimate of drug-likeness (QED) is 0.556. The lowest BCUT2D eigenvalue weighted by Gasteiger charge is -2.26. The fourth-order valence-electron chi connectivity index (χ4n) is 3.39. The highest BCUT2D eigenvalue weighted by Gasteiger charge is 2.17. The standard InChI is InChI=1S/C24H34N2O4S.ClH/c1-19(2)31(27,28)25-18-20(3)21-4-6-22(7-5-21)23-8-10-24(11-9-23)30-17-14-26-12-15-29-16-13-26;/h4-11,19-20,25H,12-18H2,1-3H3;1H. The highest BCUT2D eigenvalue weighted by Crippen LogP contribution is 2.25. The summed E-state index contributed by atoms with van der Waals surface area (Å²) in [6, 6.07) is 16.4. The van der Waals surface area contributed by atoms with Gasteiger partial charge in [-0.3, -0.25) is 4.90 Å². The van der Waals surface area contributed by atoms with Crippen LogP contribution in [-0.2, 0) is 14.8 Å². The third-order valence-corrected chi connectivity index (χ3v) is 7.47. The van der Waals surface area contributed by atoms with E-state index in [0.717, 1.165) is 55.3 Å². The minimum atomic E-state index is -3.24. The van der Waals surface area contributed by atoms with E-state index in [2.05, 4.69) is 46.0 Å². The molecule has 0 radical (unpaired) electrons. The lowest BCUT2D eigenvalue weighted by Crippen LogP contribution is -2.38. The zero-order valence-corrected chi connectivity index (χ0v) is 20.8. The zero-order chi connectivity index (χ0) is 22.3. The van der Waals surface area contributed by atoms with Gasteiger partial charge in [0.05, 0.1) is 18.5 Å². The Kier molecular flexibility index (Phi) is 10.4. The van der Waals surface area contributed by atoms with Crippen molar-refractivity contribution in [3.8, 4) is 16.9 Å². The topological polar surface area (TPSA) is 67.9 Å². The van der Waals surface area contributed by atoms with E-state index in [1.807, 2.05) is 19.1 Å². The minimum Gasteiger partial charge on any atom is -0.492 e. The Hall–Kier alpha value is -1.64. The zero-order valence-electron chi connectivity index (χ0n) is 19.1. The maximum atomic E-state index is 12.0. The summed E-state index contributed by atoms with van der Waals surface area (Å²) in [6.45, 7) is 10.9. The summed E-state index contributed by atoms with van der Waals surface area (Å²) in [6.07, 6.45) is 0. The molecule has 1 heterocycles. The minimum absolute atomic E-state index is 0. The Morgan fingerprint density at radius 2 is 1.53 bits per heavy atom. The van der Waals surface area contributed by atoms with Gasteiger partial charge in [0.1, 0.15) is 12.4 Å². The fraction of sp³-hybridized carbons (Fsp3) is 0.500. The lowest BCUT2D eigenvalue weighted by molar-refractivity contribution is 0.0322. The third kappa shape index (κ3) is 7.74. The summed E-state index contributed by atoms with van der Waals surface area (Å²) in [4.78, 5) is 2.36. The monoisotopic (exact) mass is 482 g/mol. The summed E-state index contributed by atoms with van der Waals surface area (Å²) >= 11 is 0. The molecule has 178 valence electrons. The number of nitrogens with one attached hydrogen (secondary N) is 1. The molecule has 8 heteroatoms. The second-order valence-electron chi connectivity index (χ2n) is 8.29. The highest BCUT2D eigenvalue weighted by molar-refractivity contribution is 7.90. The van der Waals surface area contributed by atoms with Crippen LogP contribution in [-0.4, -0.2) is 64.6 Å². The summed E-state index contributed by atoms with van der Waals surface area (Å²) in [5.41, 5.74) is 3.36. The number of hydrogen-bond donors (Lipinski definition) is 1. The molecule has 1 N–H and O–H groups in total. The number of hydrogen-bond acceptors (Lipinski definition) is 5. The average Bonchev–Trinajstić information content (AvgIpc) is 2.79. The Morgan fingerprint density at radius 1 is 0.969 bits per heavy atom. The Bertz CT molecular complexity index is 912. The van der Waals surface area contributed by atoms with Gasteiger partial charge in [0.25, 0.3) is 0 Å². The van der Waals surface area contributed by atoms with E-state index in [4.69, 9.17) is 9.47 Å². The van der Waals surface area contributed by atoms with Crippen LogP contribution in [0.15, 0.2) is 48.5 Å². The molecule has 6 nitrogen and oxygen atoms in total. The Morgan fingerprint density at radius 3 is 2.09 bits per heavy atom. The molecule has 0 spiro atoms. The molecule has 0 aliphatic carbocycles. The van der Waals surface area contributed by atoms with Crippen LogP contribution >= 0.6 is 12.4 Å². The smallest absolute Gasteiger partial charge is 0.213 e. The van der Waals surface area contributed by atoms with Gasteiger partial charge in [0.2, 0.25) is 10.0 Å². The first-order valence-corrected chi connectivity index (χ1v) is 12.5. The largest absolute Gasteiger partial charge is 0.492 e. The van der Waals surface area contributed by atoms with E-state index in [9.17, 15) is 8.42 Å². The predicted octanol–water partition coefficient (Wildman–Crippen LogP) is 3.92. The summed E-state index contributed by atoms with van der Waals surface area (Å²) in [5, 5.41) is -0.423. The van der Waals surface area contributed by atoms with Crippen LogP contribution in [0.1, 0.15) is 32.3 Å². The maximum Gasteiger partial charge on any atom is 0.213 e.